The van der Waals surface area contributed by atoms with E-state index in [-0.39, 0.29) is 0 Å². The van der Waals surface area contributed by atoms with E-state index < -0.39 is 0 Å². The fraction of sp³-hybridized carbons (Fsp3) is 0.267. The van der Waals surface area contributed by atoms with Gasteiger partial charge in [0.1, 0.15) is 0 Å². The average Bonchev–Trinajstić information content (AvgIpc) is 2.94. The van der Waals surface area contributed by atoms with Crippen LogP contribution >= 0.6 is 27.5 Å². The number of aromatic nitrogens is 3. The number of nitrogens with zero attached hydrogens (tertiary/aromatic N) is 3. The van der Waals surface area contributed by atoms with Crippen molar-refractivity contribution in [1.82, 2.24) is 14.3 Å². The fourth-order valence-corrected chi connectivity index (χ4v) is 3.36. The van der Waals surface area contributed by atoms with Gasteiger partial charge < -0.3 is 4.57 Å². The quantitative estimate of drug-likeness (QED) is 0.685. The number of benzene rings is 1. The zero-order valence-corrected chi connectivity index (χ0v) is 13.7. The van der Waals surface area contributed by atoms with E-state index in [9.17, 15) is 0 Å². The van der Waals surface area contributed by atoms with Gasteiger partial charge in [-0.05, 0) is 45.9 Å². The van der Waals surface area contributed by atoms with E-state index in [1.165, 1.54) is 11.1 Å². The van der Waals surface area contributed by atoms with Gasteiger partial charge in [-0.25, -0.2) is 0 Å². The molecule has 0 aliphatic heterocycles. The van der Waals surface area contributed by atoms with Gasteiger partial charge >= 0.3 is 0 Å². The van der Waals surface area contributed by atoms with Crippen LogP contribution in [0.25, 0.3) is 10.9 Å². The predicted octanol–water partition coefficient (Wildman–Crippen LogP) is 4.40. The zero-order chi connectivity index (χ0) is 14.3. The molecule has 0 amide bonds. The maximum atomic E-state index is 6.10. The van der Waals surface area contributed by atoms with Crippen molar-refractivity contribution in [1.29, 1.82) is 0 Å². The highest BCUT2D eigenvalue weighted by Crippen LogP contribution is 2.25. The lowest BCUT2D eigenvalue weighted by Gasteiger charge is -2.07. The molecule has 0 saturated carbocycles. The van der Waals surface area contributed by atoms with Crippen LogP contribution in [0.3, 0.4) is 0 Å². The second-order valence-corrected chi connectivity index (χ2v) is 6.06. The van der Waals surface area contributed by atoms with Gasteiger partial charge in [-0.3, -0.25) is 4.68 Å². The minimum Gasteiger partial charge on any atom is -0.341 e. The standard InChI is InChI=1S/C15H15BrClN3/c1-3-12-15(16)14(19(2)18-12)9-20-7-6-10-4-5-11(17)8-13(10)20/h4-8H,3,9H2,1-2H3. The van der Waals surface area contributed by atoms with Crippen molar-refractivity contribution in [3.05, 3.63) is 51.3 Å². The molecule has 5 heteroatoms. The van der Waals surface area contributed by atoms with Gasteiger partial charge in [0.15, 0.2) is 0 Å². The smallest absolute Gasteiger partial charge is 0.0767 e. The number of halogens is 2. The van der Waals surface area contributed by atoms with Crippen molar-refractivity contribution in [2.45, 2.75) is 19.9 Å². The summed E-state index contributed by atoms with van der Waals surface area (Å²) in [5, 5.41) is 6.49. The minimum absolute atomic E-state index is 0.760. The van der Waals surface area contributed by atoms with Gasteiger partial charge in [0.2, 0.25) is 0 Å². The monoisotopic (exact) mass is 351 g/mol. The Hall–Kier alpha value is -1.26. The van der Waals surface area contributed by atoms with Crippen LogP contribution < -0.4 is 0 Å². The third-order valence-electron chi connectivity index (χ3n) is 3.56. The maximum absolute atomic E-state index is 6.10. The highest BCUT2D eigenvalue weighted by molar-refractivity contribution is 9.10. The largest absolute Gasteiger partial charge is 0.341 e. The molecular weight excluding hydrogens is 338 g/mol. The highest BCUT2D eigenvalue weighted by Gasteiger charge is 2.13. The van der Waals surface area contributed by atoms with Crippen LogP contribution in [0.15, 0.2) is 34.9 Å². The van der Waals surface area contributed by atoms with Crippen LogP contribution in [0.4, 0.5) is 0 Å². The number of hydrogen-bond donors (Lipinski definition) is 0. The first-order valence-electron chi connectivity index (χ1n) is 6.54. The lowest BCUT2D eigenvalue weighted by molar-refractivity contribution is 0.668. The van der Waals surface area contributed by atoms with Gasteiger partial charge in [-0.2, -0.15) is 5.10 Å². The van der Waals surface area contributed by atoms with Crippen LogP contribution in [-0.4, -0.2) is 14.3 Å². The summed E-state index contributed by atoms with van der Waals surface area (Å²) >= 11 is 9.76. The van der Waals surface area contributed by atoms with E-state index >= 15 is 0 Å². The molecule has 0 bridgehead atoms. The Morgan fingerprint density at radius 2 is 2.10 bits per heavy atom. The number of fused-ring (bicyclic) bond motifs is 1. The molecule has 0 saturated heterocycles. The molecule has 20 heavy (non-hydrogen) atoms. The van der Waals surface area contributed by atoms with E-state index in [0.29, 0.717) is 0 Å². The zero-order valence-electron chi connectivity index (χ0n) is 11.4. The highest BCUT2D eigenvalue weighted by atomic mass is 79.9. The predicted molar refractivity (Wildman–Crippen MR) is 86.3 cm³/mol. The van der Waals surface area contributed by atoms with Crippen molar-refractivity contribution in [3.8, 4) is 0 Å². The van der Waals surface area contributed by atoms with Crippen LogP contribution in [0.1, 0.15) is 18.3 Å². The van der Waals surface area contributed by atoms with Crippen LogP contribution in [0.2, 0.25) is 5.02 Å². The first kappa shape index (κ1) is 13.7. The minimum atomic E-state index is 0.760. The molecule has 0 unspecified atom stereocenters. The van der Waals surface area contributed by atoms with E-state index in [2.05, 4.69) is 44.8 Å². The second-order valence-electron chi connectivity index (χ2n) is 4.83. The molecule has 0 atom stereocenters. The normalized spacial score (nSPS) is 11.4. The second kappa shape index (κ2) is 5.26. The lowest BCUT2D eigenvalue weighted by atomic mass is 10.2. The van der Waals surface area contributed by atoms with Gasteiger partial charge in [0, 0.05) is 23.8 Å². The Labute approximate surface area is 131 Å². The molecule has 2 heterocycles. The van der Waals surface area contributed by atoms with Crippen LogP contribution in [0, 0.1) is 0 Å². The van der Waals surface area contributed by atoms with E-state index in [1.807, 2.05) is 29.9 Å². The van der Waals surface area contributed by atoms with Crippen LogP contribution in [0.5, 0.6) is 0 Å². The molecule has 0 fully saturated rings. The molecule has 3 nitrogen and oxygen atoms in total. The Morgan fingerprint density at radius 3 is 2.80 bits per heavy atom. The summed E-state index contributed by atoms with van der Waals surface area (Å²) in [4.78, 5) is 0. The summed E-state index contributed by atoms with van der Waals surface area (Å²) in [6.45, 7) is 2.88. The Kier molecular flexibility index (Phi) is 3.61. The summed E-state index contributed by atoms with van der Waals surface area (Å²) in [7, 11) is 1.98. The van der Waals surface area contributed by atoms with E-state index in [0.717, 1.165) is 33.7 Å². The molecule has 0 aliphatic rings. The van der Waals surface area contributed by atoms with Crippen molar-refractivity contribution in [2.24, 2.45) is 7.05 Å². The lowest BCUT2D eigenvalue weighted by Crippen LogP contribution is -2.05. The molecule has 3 rings (SSSR count). The molecule has 0 radical (unpaired) electrons. The van der Waals surface area contributed by atoms with Crippen molar-refractivity contribution < 1.29 is 0 Å². The van der Waals surface area contributed by atoms with Crippen molar-refractivity contribution in [2.75, 3.05) is 0 Å². The summed E-state index contributed by atoms with van der Waals surface area (Å²) in [5.41, 5.74) is 3.40. The van der Waals surface area contributed by atoms with Crippen LogP contribution in [-0.2, 0) is 20.0 Å². The molecular formula is C15H15BrClN3. The summed E-state index contributed by atoms with van der Waals surface area (Å²) in [6, 6.07) is 8.08. The van der Waals surface area contributed by atoms with Gasteiger partial charge in [-0.15, -0.1) is 0 Å². The first-order valence-corrected chi connectivity index (χ1v) is 7.72. The SMILES string of the molecule is CCc1nn(C)c(Cn2ccc3ccc(Cl)cc32)c1Br. The summed E-state index contributed by atoms with van der Waals surface area (Å²) in [5.74, 6) is 0. The molecule has 104 valence electrons. The Balaban J connectivity index is 2.05. The molecule has 0 aliphatic carbocycles. The summed E-state index contributed by atoms with van der Waals surface area (Å²) < 4.78 is 5.24. The number of aryl methyl sites for hydroxylation is 2. The number of hydrogen-bond acceptors (Lipinski definition) is 1. The number of rotatable bonds is 3. The van der Waals surface area contributed by atoms with Gasteiger partial charge in [0.05, 0.1) is 22.4 Å². The summed E-state index contributed by atoms with van der Waals surface area (Å²) in [6.07, 6.45) is 3.01. The van der Waals surface area contributed by atoms with Crippen molar-refractivity contribution >= 4 is 38.4 Å². The molecule has 1 aromatic carbocycles. The first-order chi connectivity index (χ1) is 9.60. The molecule has 3 aromatic rings. The fourth-order valence-electron chi connectivity index (χ4n) is 2.45. The van der Waals surface area contributed by atoms with Gasteiger partial charge in [-0.1, -0.05) is 24.6 Å². The van der Waals surface area contributed by atoms with E-state index in [1.54, 1.807) is 0 Å². The molecule has 2 aromatic heterocycles. The molecule has 0 spiro atoms. The third-order valence-corrected chi connectivity index (χ3v) is 4.71. The van der Waals surface area contributed by atoms with E-state index in [4.69, 9.17) is 11.6 Å². The Bertz CT molecular complexity index is 773. The average molecular weight is 353 g/mol. The topological polar surface area (TPSA) is 22.8 Å². The molecule has 0 N–H and O–H groups in total. The Morgan fingerprint density at radius 1 is 1.30 bits per heavy atom. The van der Waals surface area contributed by atoms with Crippen molar-refractivity contribution in [3.63, 3.8) is 0 Å². The third kappa shape index (κ3) is 2.27. The maximum Gasteiger partial charge on any atom is 0.0767 e. The van der Waals surface area contributed by atoms with Gasteiger partial charge in [0.25, 0.3) is 0 Å².